The van der Waals surface area contributed by atoms with Crippen LogP contribution in [-0.2, 0) is 23.9 Å². The molecule has 5 saturated carbocycles. The highest BCUT2D eigenvalue weighted by Crippen LogP contribution is 2.77. The maximum atomic E-state index is 13.8. The average Bonchev–Trinajstić information content (AvgIpc) is 3.34. The Bertz CT molecular complexity index is 1260. The number of ether oxygens (including phenoxy) is 2. The molecule has 258 valence electrons. The van der Waals surface area contributed by atoms with E-state index in [0.717, 1.165) is 57.8 Å². The topological polar surface area (TPSA) is 89.9 Å². The van der Waals surface area contributed by atoms with Crippen LogP contribution in [0.4, 0.5) is 0 Å². The van der Waals surface area contributed by atoms with Gasteiger partial charge in [0.25, 0.3) is 0 Å². The van der Waals surface area contributed by atoms with Gasteiger partial charge in [-0.05, 0) is 122 Å². The highest BCUT2D eigenvalue weighted by atomic mass is 16.5. The number of carbonyl (C=O) groups is 3. The van der Waals surface area contributed by atoms with Crippen LogP contribution >= 0.6 is 0 Å². The van der Waals surface area contributed by atoms with Crippen LogP contribution < -0.4 is 0 Å². The molecule has 0 unspecified atom stereocenters. The first-order valence-electron chi connectivity index (χ1n) is 18.1. The first-order valence-corrected chi connectivity index (χ1v) is 18.1. The molecule has 5 aliphatic carbocycles. The molecule has 5 aliphatic rings. The van der Waals surface area contributed by atoms with Gasteiger partial charge < -0.3 is 14.6 Å². The molecule has 0 aromatic rings. The van der Waals surface area contributed by atoms with E-state index in [1.54, 1.807) is 6.08 Å². The van der Waals surface area contributed by atoms with E-state index in [9.17, 15) is 19.5 Å². The number of esters is 2. The third-order valence-electron chi connectivity index (χ3n) is 15.3. The number of aliphatic carboxylic acids is 1. The van der Waals surface area contributed by atoms with Crippen molar-refractivity contribution in [1.29, 1.82) is 0 Å². The molecule has 0 radical (unpaired) electrons. The summed E-state index contributed by atoms with van der Waals surface area (Å²) in [7, 11) is 0. The van der Waals surface area contributed by atoms with Gasteiger partial charge in [-0.2, -0.15) is 0 Å². The van der Waals surface area contributed by atoms with Crippen LogP contribution in [0.2, 0.25) is 0 Å². The lowest BCUT2D eigenvalue weighted by Gasteiger charge is -2.72. The van der Waals surface area contributed by atoms with Crippen LogP contribution in [0.15, 0.2) is 24.8 Å². The summed E-state index contributed by atoms with van der Waals surface area (Å²) in [5, 5.41) is 9.30. The lowest BCUT2D eigenvalue weighted by Crippen LogP contribution is -2.67. The van der Waals surface area contributed by atoms with Gasteiger partial charge in [0.2, 0.25) is 0 Å². The van der Waals surface area contributed by atoms with Crippen LogP contribution in [0.1, 0.15) is 132 Å². The van der Waals surface area contributed by atoms with Gasteiger partial charge >= 0.3 is 17.9 Å². The lowest BCUT2D eigenvalue weighted by atomic mass is 9.32. The number of carbonyl (C=O) groups excluding carboxylic acids is 2. The number of carboxylic acid groups (broad SMARTS) is 1. The van der Waals surface area contributed by atoms with E-state index in [1.807, 2.05) is 13.8 Å². The molecule has 0 spiro atoms. The number of carboxylic acids is 1. The van der Waals surface area contributed by atoms with Crippen molar-refractivity contribution >= 4 is 17.9 Å². The predicted octanol–water partition coefficient (Wildman–Crippen LogP) is 9.18. The molecule has 6 nitrogen and oxygen atoms in total. The van der Waals surface area contributed by atoms with E-state index in [0.29, 0.717) is 23.7 Å². The summed E-state index contributed by atoms with van der Waals surface area (Å²) in [5.74, 6) is 0.925. The Morgan fingerprint density at radius 2 is 1.57 bits per heavy atom. The Balaban J connectivity index is 1.40. The standard InChI is InChI=1S/C40H62O6/c1-11-22-45-34(44)40-19-14-26(25(2)3)33(40)27-12-13-29-37(8)17-16-30(46-32(43)24-35(4,5)23-31(41)42)36(6,7)28(37)15-18-39(29,10)38(27,9)20-21-40/h11,26-30,33H,1-2,12-24H2,3-10H3,(H,41,42)/t26-,27+,28-,29+,30-,33+,37-,38+,39+,40-/m0/s1. The monoisotopic (exact) mass is 638 g/mol. The van der Waals surface area contributed by atoms with Gasteiger partial charge in [0.1, 0.15) is 12.7 Å². The molecule has 0 bridgehead atoms. The van der Waals surface area contributed by atoms with Crippen molar-refractivity contribution < 1.29 is 29.0 Å². The van der Waals surface area contributed by atoms with Crippen LogP contribution in [0.25, 0.3) is 0 Å². The van der Waals surface area contributed by atoms with Crippen molar-refractivity contribution in [2.75, 3.05) is 6.61 Å². The lowest BCUT2D eigenvalue weighted by molar-refractivity contribution is -0.251. The third kappa shape index (κ3) is 5.31. The Morgan fingerprint density at radius 1 is 0.870 bits per heavy atom. The van der Waals surface area contributed by atoms with Crippen LogP contribution in [0.5, 0.6) is 0 Å². The summed E-state index contributed by atoms with van der Waals surface area (Å²) < 4.78 is 12.1. The Labute approximate surface area is 278 Å². The van der Waals surface area contributed by atoms with Crippen molar-refractivity contribution in [3.8, 4) is 0 Å². The molecule has 5 rings (SSSR count). The molecule has 0 amide bonds. The average molecular weight is 639 g/mol. The van der Waals surface area contributed by atoms with Crippen molar-refractivity contribution in [3.63, 3.8) is 0 Å². The molecular weight excluding hydrogens is 576 g/mol. The summed E-state index contributed by atoms with van der Waals surface area (Å²) in [6.07, 6.45) is 11.9. The van der Waals surface area contributed by atoms with Gasteiger partial charge in [-0.3, -0.25) is 14.4 Å². The van der Waals surface area contributed by atoms with Crippen LogP contribution in [0.3, 0.4) is 0 Å². The van der Waals surface area contributed by atoms with E-state index in [-0.39, 0.29) is 65.1 Å². The Morgan fingerprint density at radius 3 is 2.20 bits per heavy atom. The first kappa shape index (κ1) is 35.2. The molecule has 46 heavy (non-hydrogen) atoms. The van der Waals surface area contributed by atoms with Gasteiger partial charge in [-0.1, -0.05) is 73.3 Å². The number of allylic oxidation sites excluding steroid dienone is 1. The SMILES string of the molecule is C=CCOC(=O)[C@]12CC[C@@H](C(=C)C)[C@@H]1[C@H]1CC[C@@H]3[C@@]4(C)CC[C@H](OC(=O)CC(C)(C)CC(=O)O)C(C)(C)[C@@H]4CC[C@@]3(C)[C@]1(C)CC2. The molecule has 1 N–H and O–H groups in total. The molecule has 0 aromatic carbocycles. The van der Waals surface area contributed by atoms with E-state index in [1.165, 1.54) is 12.0 Å². The van der Waals surface area contributed by atoms with E-state index in [2.05, 4.69) is 54.7 Å². The zero-order valence-corrected chi connectivity index (χ0v) is 30.1. The van der Waals surface area contributed by atoms with E-state index >= 15 is 0 Å². The fraction of sp³-hybridized carbons (Fsp3) is 0.825. The minimum Gasteiger partial charge on any atom is -0.481 e. The largest absolute Gasteiger partial charge is 0.481 e. The molecule has 0 aliphatic heterocycles. The second-order valence-corrected chi connectivity index (χ2v) is 18.5. The third-order valence-corrected chi connectivity index (χ3v) is 15.3. The van der Waals surface area contributed by atoms with Crippen molar-refractivity contribution in [1.82, 2.24) is 0 Å². The molecule has 0 saturated heterocycles. The molecule has 6 heteroatoms. The van der Waals surface area contributed by atoms with E-state index in [4.69, 9.17) is 9.47 Å². The Hall–Kier alpha value is -2.11. The van der Waals surface area contributed by atoms with Gasteiger partial charge in [0.15, 0.2) is 0 Å². The molecule has 0 heterocycles. The van der Waals surface area contributed by atoms with Gasteiger partial charge in [0, 0.05) is 5.41 Å². The van der Waals surface area contributed by atoms with Gasteiger partial charge in [-0.25, -0.2) is 0 Å². The minimum absolute atomic E-state index is 0.00730. The minimum atomic E-state index is -0.889. The normalized spacial score (nSPS) is 42.8. The summed E-state index contributed by atoms with van der Waals surface area (Å²) in [5.41, 5.74) is 0.405. The molecule has 0 aromatic heterocycles. The number of fused-ring (bicyclic) bond motifs is 7. The Kier molecular flexibility index (Phi) is 9.02. The van der Waals surface area contributed by atoms with Gasteiger partial charge in [-0.15, -0.1) is 0 Å². The second-order valence-electron chi connectivity index (χ2n) is 18.5. The van der Waals surface area contributed by atoms with Crippen LogP contribution in [0, 0.1) is 62.1 Å². The number of hydrogen-bond acceptors (Lipinski definition) is 5. The number of hydrogen-bond donors (Lipinski definition) is 1. The zero-order chi connectivity index (χ0) is 34.1. The van der Waals surface area contributed by atoms with Crippen LogP contribution in [-0.4, -0.2) is 35.7 Å². The zero-order valence-electron chi connectivity index (χ0n) is 30.1. The highest BCUT2D eigenvalue weighted by Gasteiger charge is 2.72. The first-order chi connectivity index (χ1) is 21.3. The maximum Gasteiger partial charge on any atom is 0.312 e. The van der Waals surface area contributed by atoms with Crippen molar-refractivity contribution in [2.24, 2.45) is 62.1 Å². The second kappa shape index (κ2) is 11.8. The fourth-order valence-electron chi connectivity index (χ4n) is 13.0. The number of rotatable bonds is 9. The fourth-order valence-corrected chi connectivity index (χ4v) is 13.0. The predicted molar refractivity (Wildman–Crippen MR) is 181 cm³/mol. The van der Waals surface area contributed by atoms with E-state index < -0.39 is 16.8 Å². The van der Waals surface area contributed by atoms with Crippen molar-refractivity contribution in [2.45, 2.75) is 139 Å². The molecular formula is C40H62O6. The van der Waals surface area contributed by atoms with Gasteiger partial charge in [0.05, 0.1) is 18.3 Å². The molecule has 10 atom stereocenters. The summed E-state index contributed by atoms with van der Waals surface area (Å²) in [6, 6.07) is 0. The summed E-state index contributed by atoms with van der Waals surface area (Å²) in [6.45, 7) is 26.7. The summed E-state index contributed by atoms with van der Waals surface area (Å²) >= 11 is 0. The maximum absolute atomic E-state index is 13.8. The summed E-state index contributed by atoms with van der Waals surface area (Å²) in [4.78, 5) is 38.3. The quantitative estimate of drug-likeness (QED) is 0.200. The van der Waals surface area contributed by atoms with Crippen molar-refractivity contribution in [3.05, 3.63) is 24.8 Å². The highest BCUT2D eigenvalue weighted by molar-refractivity contribution is 5.78. The molecule has 5 fully saturated rings. The smallest absolute Gasteiger partial charge is 0.312 e.